The van der Waals surface area contributed by atoms with Crippen LogP contribution in [0.1, 0.15) is 46.3 Å². The zero-order valence-corrected chi connectivity index (χ0v) is 16.3. The molecule has 8 heteroatoms. The van der Waals surface area contributed by atoms with Gasteiger partial charge in [-0.2, -0.15) is 0 Å². The molecule has 3 aromatic rings. The molecule has 1 fully saturated rings. The van der Waals surface area contributed by atoms with Gasteiger partial charge in [-0.1, -0.05) is 0 Å². The van der Waals surface area contributed by atoms with Gasteiger partial charge >= 0.3 is 0 Å². The van der Waals surface area contributed by atoms with E-state index in [0.717, 1.165) is 35.7 Å². The van der Waals surface area contributed by atoms with Crippen molar-refractivity contribution in [3.05, 3.63) is 53.9 Å². The van der Waals surface area contributed by atoms with E-state index in [1.54, 1.807) is 12.4 Å². The molecule has 4 heterocycles. The average Bonchev–Trinajstić information content (AvgIpc) is 3.07. The van der Waals surface area contributed by atoms with Gasteiger partial charge in [0.1, 0.15) is 17.8 Å². The fourth-order valence-electron chi connectivity index (χ4n) is 3.59. The van der Waals surface area contributed by atoms with Crippen LogP contribution in [0, 0.1) is 13.8 Å². The number of piperidine rings is 1. The Morgan fingerprint density at radius 2 is 1.82 bits per heavy atom. The maximum atomic E-state index is 12.8. The number of nitrogens with zero attached hydrogens (tertiary/aromatic N) is 7. The Morgan fingerprint density at radius 3 is 2.50 bits per heavy atom. The third kappa shape index (κ3) is 3.37. The first-order valence-electron chi connectivity index (χ1n) is 9.41. The van der Waals surface area contributed by atoms with Gasteiger partial charge in [-0.3, -0.25) is 9.78 Å². The molecule has 0 unspecified atom stereocenters. The third-order valence-corrected chi connectivity index (χ3v) is 5.48. The Labute approximate surface area is 163 Å². The molecular formula is C20H23N7O. The summed E-state index contributed by atoms with van der Waals surface area (Å²) >= 11 is 0. The highest BCUT2D eigenvalue weighted by molar-refractivity contribution is 5.94. The minimum Gasteiger partial charge on any atom is -0.338 e. The topological polar surface area (TPSA) is 89.7 Å². The largest absolute Gasteiger partial charge is 0.338 e. The van der Waals surface area contributed by atoms with Crippen LogP contribution in [0.4, 0.5) is 0 Å². The van der Waals surface area contributed by atoms with E-state index >= 15 is 0 Å². The number of imidazole rings is 1. The molecule has 0 spiro atoms. The molecule has 1 aliphatic rings. The summed E-state index contributed by atoms with van der Waals surface area (Å²) in [5, 5.41) is 0. The van der Waals surface area contributed by atoms with Crippen molar-refractivity contribution in [2.24, 2.45) is 7.05 Å². The maximum absolute atomic E-state index is 12.8. The van der Waals surface area contributed by atoms with Crippen LogP contribution < -0.4 is 0 Å². The predicted molar refractivity (Wildman–Crippen MR) is 104 cm³/mol. The van der Waals surface area contributed by atoms with Gasteiger partial charge < -0.3 is 9.47 Å². The predicted octanol–water partition coefficient (Wildman–Crippen LogP) is 2.30. The summed E-state index contributed by atoms with van der Waals surface area (Å²) in [6, 6.07) is 0. The van der Waals surface area contributed by atoms with Gasteiger partial charge in [-0.25, -0.2) is 19.9 Å². The van der Waals surface area contributed by atoms with Crippen LogP contribution in [0.25, 0.3) is 11.4 Å². The van der Waals surface area contributed by atoms with Crippen LogP contribution in [0.3, 0.4) is 0 Å². The lowest BCUT2D eigenvalue weighted by Crippen LogP contribution is -2.38. The normalized spacial score (nSPS) is 15.0. The van der Waals surface area contributed by atoms with Crippen molar-refractivity contribution >= 4 is 5.91 Å². The summed E-state index contributed by atoms with van der Waals surface area (Å²) in [7, 11) is 1.98. The molecule has 0 aromatic carbocycles. The van der Waals surface area contributed by atoms with E-state index in [1.165, 1.54) is 6.33 Å². The van der Waals surface area contributed by atoms with E-state index in [0.29, 0.717) is 30.3 Å². The van der Waals surface area contributed by atoms with Gasteiger partial charge in [-0.05, 0) is 26.7 Å². The summed E-state index contributed by atoms with van der Waals surface area (Å²) in [5.41, 5.74) is 4.05. The number of rotatable bonds is 3. The number of aromatic nitrogens is 6. The second-order valence-electron chi connectivity index (χ2n) is 7.17. The van der Waals surface area contributed by atoms with Crippen LogP contribution >= 0.6 is 0 Å². The molecule has 1 amide bonds. The number of aryl methyl sites for hydroxylation is 2. The number of carbonyl (C=O) groups is 1. The number of likely N-dealkylation sites (tertiary alicyclic amines) is 1. The molecule has 144 valence electrons. The Hall–Kier alpha value is -3.16. The highest BCUT2D eigenvalue weighted by Crippen LogP contribution is 2.28. The van der Waals surface area contributed by atoms with Crippen molar-refractivity contribution < 1.29 is 4.79 Å². The second-order valence-corrected chi connectivity index (χ2v) is 7.17. The molecular weight excluding hydrogens is 354 g/mol. The lowest BCUT2D eigenvalue weighted by Gasteiger charge is -2.32. The third-order valence-electron chi connectivity index (χ3n) is 5.48. The van der Waals surface area contributed by atoms with Crippen LogP contribution in [0.2, 0.25) is 0 Å². The molecule has 4 rings (SSSR count). The van der Waals surface area contributed by atoms with E-state index in [-0.39, 0.29) is 5.91 Å². The van der Waals surface area contributed by atoms with E-state index < -0.39 is 0 Å². The number of hydrogen-bond acceptors (Lipinski definition) is 6. The van der Waals surface area contributed by atoms with Gasteiger partial charge in [0.25, 0.3) is 5.91 Å². The van der Waals surface area contributed by atoms with E-state index in [9.17, 15) is 4.79 Å². The average molecular weight is 377 g/mol. The van der Waals surface area contributed by atoms with E-state index in [2.05, 4.69) is 19.9 Å². The quantitative estimate of drug-likeness (QED) is 0.696. The van der Waals surface area contributed by atoms with E-state index in [1.807, 2.05) is 42.8 Å². The molecule has 1 aliphatic heterocycles. The lowest BCUT2D eigenvalue weighted by molar-refractivity contribution is 0.0710. The Balaban J connectivity index is 1.47. The van der Waals surface area contributed by atoms with E-state index in [4.69, 9.17) is 4.98 Å². The molecule has 0 aliphatic carbocycles. The monoisotopic (exact) mass is 377 g/mol. The Kier molecular flexibility index (Phi) is 4.85. The molecule has 3 aromatic heterocycles. The van der Waals surface area contributed by atoms with Crippen LogP contribution in [-0.4, -0.2) is 53.4 Å². The molecule has 28 heavy (non-hydrogen) atoms. The van der Waals surface area contributed by atoms with Gasteiger partial charge in [0.2, 0.25) is 0 Å². The molecule has 0 N–H and O–H groups in total. The highest BCUT2D eigenvalue weighted by Gasteiger charge is 2.27. The van der Waals surface area contributed by atoms with Crippen molar-refractivity contribution in [2.45, 2.75) is 32.6 Å². The summed E-state index contributed by atoms with van der Waals surface area (Å²) in [4.78, 5) is 36.3. The number of amides is 1. The first-order valence-corrected chi connectivity index (χ1v) is 9.41. The summed E-state index contributed by atoms with van der Waals surface area (Å²) < 4.78 is 2.01. The smallest absolute Gasteiger partial charge is 0.257 e. The molecule has 0 radical (unpaired) electrons. The van der Waals surface area contributed by atoms with Crippen molar-refractivity contribution in [2.75, 3.05) is 13.1 Å². The van der Waals surface area contributed by atoms with Crippen LogP contribution in [0.15, 0.2) is 31.1 Å². The molecule has 8 nitrogen and oxygen atoms in total. The molecule has 0 atom stereocenters. The fraction of sp³-hybridized carbons (Fsp3) is 0.400. The zero-order valence-electron chi connectivity index (χ0n) is 16.3. The van der Waals surface area contributed by atoms with Gasteiger partial charge in [-0.15, -0.1) is 0 Å². The van der Waals surface area contributed by atoms with Gasteiger partial charge in [0.15, 0.2) is 0 Å². The Bertz CT molecular complexity index is 1010. The first kappa shape index (κ1) is 18.2. The first-order chi connectivity index (χ1) is 13.5. The van der Waals surface area contributed by atoms with Crippen LogP contribution in [-0.2, 0) is 7.05 Å². The minimum atomic E-state index is 0.00162. The summed E-state index contributed by atoms with van der Waals surface area (Å²) in [6.07, 6.45) is 10.2. The maximum Gasteiger partial charge on any atom is 0.257 e. The number of hydrogen-bond donors (Lipinski definition) is 0. The number of carbonyl (C=O) groups excluding carboxylic acids is 1. The van der Waals surface area contributed by atoms with Crippen molar-refractivity contribution in [3.8, 4) is 11.4 Å². The van der Waals surface area contributed by atoms with Crippen molar-refractivity contribution in [1.82, 2.24) is 34.4 Å². The summed E-state index contributed by atoms with van der Waals surface area (Å²) in [6.45, 7) is 5.18. The highest BCUT2D eigenvalue weighted by atomic mass is 16.2. The Morgan fingerprint density at radius 1 is 1.04 bits per heavy atom. The summed E-state index contributed by atoms with van der Waals surface area (Å²) in [5.74, 6) is 1.23. The molecule has 1 saturated heterocycles. The van der Waals surface area contributed by atoms with Crippen LogP contribution in [0.5, 0.6) is 0 Å². The van der Waals surface area contributed by atoms with Gasteiger partial charge in [0, 0.05) is 38.4 Å². The molecule has 0 bridgehead atoms. The standard InChI is InChI=1S/C20H23N7O/c1-13-16(8-22-12-24-13)20(28)27-6-4-15(5-7-27)17-9-21-10-18(25-17)19-11-23-14(2)26(19)3/h8-12,15H,4-7H2,1-3H3. The SMILES string of the molecule is Cc1ncncc1C(=O)N1CCC(c2cncc(-c3cnc(C)n3C)n2)CC1. The fourth-order valence-corrected chi connectivity index (χ4v) is 3.59. The van der Waals surface area contributed by atoms with Gasteiger partial charge in [0.05, 0.1) is 35.0 Å². The molecule has 0 saturated carbocycles. The second kappa shape index (κ2) is 7.46. The zero-order chi connectivity index (χ0) is 19.7. The van der Waals surface area contributed by atoms with Crippen molar-refractivity contribution in [1.29, 1.82) is 0 Å². The minimum absolute atomic E-state index is 0.00162. The lowest BCUT2D eigenvalue weighted by atomic mass is 9.93. The van der Waals surface area contributed by atoms with Crippen molar-refractivity contribution in [3.63, 3.8) is 0 Å².